The fourth-order valence-electron chi connectivity index (χ4n) is 3.43. The van der Waals surface area contributed by atoms with E-state index in [1.54, 1.807) is 4.90 Å². The zero-order valence-electron chi connectivity index (χ0n) is 15.1. The second kappa shape index (κ2) is 5.77. The summed E-state index contributed by atoms with van der Waals surface area (Å²) in [6.07, 6.45) is 0. The van der Waals surface area contributed by atoms with E-state index in [-0.39, 0.29) is 18.1 Å². The molecule has 0 saturated carbocycles. The van der Waals surface area contributed by atoms with E-state index in [9.17, 15) is 10.1 Å². The van der Waals surface area contributed by atoms with E-state index in [0.29, 0.717) is 23.6 Å². The Morgan fingerprint density at radius 2 is 1.92 bits per heavy atom. The summed E-state index contributed by atoms with van der Waals surface area (Å²) >= 11 is 0. The molecule has 5 nitrogen and oxygen atoms in total. The average molecular weight is 348 g/mol. The number of rotatable bonds is 2. The van der Waals surface area contributed by atoms with Gasteiger partial charge < -0.3 is 14.4 Å². The Bertz CT molecular complexity index is 937. The summed E-state index contributed by atoms with van der Waals surface area (Å²) in [6, 6.07) is 13.2. The molecule has 2 aliphatic rings. The molecular weight excluding hydrogens is 328 g/mol. The molecule has 0 N–H and O–H groups in total. The molecule has 26 heavy (non-hydrogen) atoms. The minimum Gasteiger partial charge on any atom is -0.454 e. The second-order valence-electron chi connectivity index (χ2n) is 7.70. The van der Waals surface area contributed by atoms with Crippen molar-refractivity contribution in [2.45, 2.75) is 38.8 Å². The van der Waals surface area contributed by atoms with Crippen molar-refractivity contribution in [2.24, 2.45) is 0 Å². The lowest BCUT2D eigenvalue weighted by Crippen LogP contribution is -2.26. The first-order valence-corrected chi connectivity index (χ1v) is 8.62. The minimum atomic E-state index is -0.578. The van der Waals surface area contributed by atoms with Crippen LogP contribution in [0, 0.1) is 11.3 Å². The largest absolute Gasteiger partial charge is 0.454 e. The second-order valence-corrected chi connectivity index (χ2v) is 7.70. The number of carbonyl (C=O) groups excluding carboxylic acids is 1. The SMILES string of the molecule is CC(C)(C)c1ccc2c(c1)C(C#N)N(Cc1ccc3c(c1)OCO3)C2=O. The predicted octanol–water partition coefficient (Wildman–Crippen LogP) is 3.93. The van der Waals surface area contributed by atoms with Gasteiger partial charge in [-0.05, 0) is 34.7 Å². The van der Waals surface area contributed by atoms with Crippen LogP contribution in [0.3, 0.4) is 0 Å². The number of hydrogen-bond acceptors (Lipinski definition) is 4. The number of carbonyl (C=O) groups is 1. The summed E-state index contributed by atoms with van der Waals surface area (Å²) in [6.45, 7) is 6.93. The van der Waals surface area contributed by atoms with Gasteiger partial charge in [-0.2, -0.15) is 5.26 Å². The first-order chi connectivity index (χ1) is 12.4. The molecule has 1 unspecified atom stereocenters. The first kappa shape index (κ1) is 16.5. The lowest BCUT2D eigenvalue weighted by molar-refractivity contribution is 0.0744. The zero-order chi connectivity index (χ0) is 18.5. The van der Waals surface area contributed by atoms with Crippen molar-refractivity contribution < 1.29 is 14.3 Å². The monoisotopic (exact) mass is 348 g/mol. The quantitative estimate of drug-likeness (QED) is 0.825. The summed E-state index contributed by atoms with van der Waals surface area (Å²) in [7, 11) is 0. The van der Waals surface area contributed by atoms with Gasteiger partial charge in [-0.25, -0.2) is 0 Å². The molecule has 0 aliphatic carbocycles. The maximum Gasteiger partial charge on any atom is 0.255 e. The van der Waals surface area contributed by atoms with Gasteiger partial charge >= 0.3 is 0 Å². The van der Waals surface area contributed by atoms with Crippen LogP contribution in [0.25, 0.3) is 0 Å². The molecule has 1 atom stereocenters. The molecule has 1 amide bonds. The third-order valence-electron chi connectivity index (χ3n) is 4.93. The third-order valence-corrected chi connectivity index (χ3v) is 4.93. The Morgan fingerprint density at radius 3 is 2.65 bits per heavy atom. The smallest absolute Gasteiger partial charge is 0.255 e. The van der Waals surface area contributed by atoms with Crippen molar-refractivity contribution in [1.29, 1.82) is 5.26 Å². The standard InChI is InChI=1S/C21H20N2O3/c1-21(2,3)14-5-6-15-16(9-14)17(10-22)23(20(15)24)11-13-4-7-18-19(8-13)26-12-25-18/h4-9,17H,11-12H2,1-3H3. The normalized spacial score (nSPS) is 18.0. The van der Waals surface area contributed by atoms with Crippen LogP contribution in [-0.2, 0) is 12.0 Å². The highest BCUT2D eigenvalue weighted by Gasteiger charge is 2.37. The van der Waals surface area contributed by atoms with Crippen molar-refractivity contribution in [3.63, 3.8) is 0 Å². The van der Waals surface area contributed by atoms with E-state index in [4.69, 9.17) is 9.47 Å². The van der Waals surface area contributed by atoms with Gasteiger partial charge in [-0.3, -0.25) is 4.79 Å². The Labute approximate surface area is 152 Å². The molecule has 0 spiro atoms. The molecule has 0 aromatic heterocycles. The summed E-state index contributed by atoms with van der Waals surface area (Å²) in [5, 5.41) is 9.74. The maximum atomic E-state index is 12.9. The van der Waals surface area contributed by atoms with E-state index in [1.165, 1.54) is 0 Å². The summed E-state index contributed by atoms with van der Waals surface area (Å²) in [5.74, 6) is 1.27. The van der Waals surface area contributed by atoms with E-state index in [0.717, 1.165) is 16.7 Å². The number of fused-ring (bicyclic) bond motifs is 2. The predicted molar refractivity (Wildman–Crippen MR) is 95.9 cm³/mol. The topological polar surface area (TPSA) is 62.6 Å². The van der Waals surface area contributed by atoms with Gasteiger partial charge in [0.15, 0.2) is 11.5 Å². The van der Waals surface area contributed by atoms with Gasteiger partial charge in [0.05, 0.1) is 6.07 Å². The van der Waals surface area contributed by atoms with Crippen molar-refractivity contribution in [3.8, 4) is 17.6 Å². The molecule has 2 heterocycles. The number of amides is 1. The van der Waals surface area contributed by atoms with Crippen LogP contribution in [0.4, 0.5) is 0 Å². The lowest BCUT2D eigenvalue weighted by Gasteiger charge is -2.21. The molecule has 0 fully saturated rings. The van der Waals surface area contributed by atoms with Gasteiger partial charge in [0, 0.05) is 17.7 Å². The highest BCUT2D eigenvalue weighted by Crippen LogP contribution is 2.38. The molecule has 0 saturated heterocycles. The Morgan fingerprint density at radius 1 is 1.15 bits per heavy atom. The van der Waals surface area contributed by atoms with Gasteiger partial charge in [0.2, 0.25) is 6.79 Å². The highest BCUT2D eigenvalue weighted by atomic mass is 16.7. The number of nitrogens with zero attached hydrogens (tertiary/aromatic N) is 2. The fraction of sp³-hybridized carbons (Fsp3) is 0.333. The number of hydrogen-bond donors (Lipinski definition) is 0. The van der Waals surface area contributed by atoms with Crippen LogP contribution in [0.5, 0.6) is 11.5 Å². The molecule has 132 valence electrons. The van der Waals surface area contributed by atoms with Crippen LogP contribution in [0.2, 0.25) is 0 Å². The van der Waals surface area contributed by atoms with E-state index < -0.39 is 6.04 Å². The van der Waals surface area contributed by atoms with Gasteiger partial charge in [-0.15, -0.1) is 0 Å². The Kier molecular flexibility index (Phi) is 3.66. The third kappa shape index (κ3) is 2.59. The maximum absolute atomic E-state index is 12.9. The number of ether oxygens (including phenoxy) is 2. The van der Waals surface area contributed by atoms with Crippen molar-refractivity contribution in [1.82, 2.24) is 4.90 Å². The lowest BCUT2D eigenvalue weighted by atomic mass is 9.85. The Balaban J connectivity index is 1.67. The molecule has 2 aliphatic heterocycles. The fourth-order valence-corrected chi connectivity index (χ4v) is 3.43. The Hall–Kier alpha value is -3.00. The van der Waals surface area contributed by atoms with Crippen LogP contribution in [-0.4, -0.2) is 17.6 Å². The summed E-state index contributed by atoms with van der Waals surface area (Å²) in [5.41, 5.74) is 3.40. The van der Waals surface area contributed by atoms with Crippen molar-refractivity contribution in [3.05, 3.63) is 58.7 Å². The molecule has 0 radical (unpaired) electrons. The van der Waals surface area contributed by atoms with Crippen LogP contribution in [0.15, 0.2) is 36.4 Å². The molecule has 5 heteroatoms. The van der Waals surface area contributed by atoms with Crippen LogP contribution >= 0.6 is 0 Å². The van der Waals surface area contributed by atoms with E-state index in [1.807, 2.05) is 36.4 Å². The average Bonchev–Trinajstić information content (AvgIpc) is 3.17. The van der Waals surface area contributed by atoms with Gasteiger partial charge in [0.1, 0.15) is 6.04 Å². The molecule has 2 aromatic rings. The summed E-state index contributed by atoms with van der Waals surface area (Å²) < 4.78 is 10.7. The number of benzene rings is 2. The zero-order valence-corrected chi connectivity index (χ0v) is 15.1. The molecule has 0 bridgehead atoms. The van der Waals surface area contributed by atoms with E-state index in [2.05, 4.69) is 26.8 Å². The van der Waals surface area contributed by atoms with Crippen LogP contribution in [0.1, 0.15) is 53.9 Å². The molecule has 2 aromatic carbocycles. The number of nitriles is 1. The van der Waals surface area contributed by atoms with Crippen molar-refractivity contribution in [2.75, 3.05) is 6.79 Å². The van der Waals surface area contributed by atoms with Gasteiger partial charge in [-0.1, -0.05) is 39.0 Å². The van der Waals surface area contributed by atoms with Crippen LogP contribution < -0.4 is 9.47 Å². The highest BCUT2D eigenvalue weighted by molar-refractivity contribution is 5.99. The van der Waals surface area contributed by atoms with Gasteiger partial charge in [0.25, 0.3) is 5.91 Å². The molecule has 4 rings (SSSR count). The van der Waals surface area contributed by atoms with E-state index >= 15 is 0 Å². The van der Waals surface area contributed by atoms with Crippen molar-refractivity contribution >= 4 is 5.91 Å². The molecular formula is C21H20N2O3. The summed E-state index contributed by atoms with van der Waals surface area (Å²) in [4.78, 5) is 14.5. The minimum absolute atomic E-state index is 0.0389. The first-order valence-electron chi connectivity index (χ1n) is 8.62.